The Morgan fingerprint density at radius 2 is 1.86 bits per heavy atom. The van der Waals surface area contributed by atoms with E-state index < -0.39 is 6.10 Å². The first kappa shape index (κ1) is 19.3. The Morgan fingerprint density at radius 1 is 1.14 bits per heavy atom. The molecule has 0 saturated carbocycles. The summed E-state index contributed by atoms with van der Waals surface area (Å²) in [5, 5.41) is 11.1. The van der Waals surface area contributed by atoms with Gasteiger partial charge in [0.25, 0.3) is 5.56 Å². The average molecular weight is 391 g/mol. The van der Waals surface area contributed by atoms with Gasteiger partial charge in [-0.3, -0.25) is 14.2 Å². The molecular weight excluding hydrogens is 366 g/mol. The Bertz CT molecular complexity index is 1070. The number of carbonyl (C=O) groups excluding carboxylic acids is 1. The van der Waals surface area contributed by atoms with Crippen molar-refractivity contribution in [2.75, 3.05) is 13.1 Å². The van der Waals surface area contributed by atoms with Gasteiger partial charge < -0.3 is 10.0 Å². The number of hydrogen-bond donors (Lipinski definition) is 1. The zero-order valence-electron chi connectivity index (χ0n) is 16.5. The maximum atomic E-state index is 12.7. The molecule has 29 heavy (non-hydrogen) atoms. The average Bonchev–Trinajstić information content (AvgIpc) is 2.76. The van der Waals surface area contributed by atoms with Gasteiger partial charge in [-0.05, 0) is 42.9 Å². The molecule has 6 nitrogen and oxygen atoms in total. The number of benzene rings is 2. The Hall–Kier alpha value is -2.99. The quantitative estimate of drug-likeness (QED) is 0.742. The van der Waals surface area contributed by atoms with Gasteiger partial charge in [0, 0.05) is 13.1 Å². The number of likely N-dealkylation sites (tertiary alicyclic amines) is 1. The molecule has 1 aromatic heterocycles. The summed E-state index contributed by atoms with van der Waals surface area (Å²) in [6, 6.07) is 15.1. The van der Waals surface area contributed by atoms with Crippen molar-refractivity contribution in [1.82, 2.24) is 14.5 Å². The van der Waals surface area contributed by atoms with E-state index in [1.807, 2.05) is 49.4 Å². The molecule has 1 saturated heterocycles. The Balaban J connectivity index is 1.41. The molecule has 1 unspecified atom stereocenters. The molecule has 1 aliphatic rings. The Labute approximate surface area is 169 Å². The van der Waals surface area contributed by atoms with Crippen molar-refractivity contribution in [3.05, 3.63) is 76.3 Å². The molecule has 150 valence electrons. The number of amides is 1. The summed E-state index contributed by atoms with van der Waals surface area (Å²) < 4.78 is 1.38. The molecule has 1 N–H and O–H groups in total. The topological polar surface area (TPSA) is 75.4 Å². The van der Waals surface area contributed by atoms with E-state index in [4.69, 9.17) is 0 Å². The standard InChI is InChI=1S/C23H25N3O3/c1-16-6-5-9-19-21(16)24-15-26(23(19)29)14-20(27)25-12-10-18(11-13-25)22(28)17-7-3-2-4-8-17/h2-9,15,18,22,28H,10-14H2,1H3. The molecule has 1 atom stereocenters. The molecule has 4 rings (SSSR count). The van der Waals surface area contributed by atoms with Crippen molar-refractivity contribution in [3.8, 4) is 0 Å². The highest BCUT2D eigenvalue weighted by Crippen LogP contribution is 2.30. The van der Waals surface area contributed by atoms with E-state index in [2.05, 4.69) is 4.98 Å². The van der Waals surface area contributed by atoms with E-state index in [1.165, 1.54) is 10.9 Å². The molecule has 0 bridgehead atoms. The van der Waals surface area contributed by atoms with Crippen LogP contribution in [-0.4, -0.2) is 38.6 Å². The minimum Gasteiger partial charge on any atom is -0.388 e. The molecule has 1 amide bonds. The van der Waals surface area contributed by atoms with Gasteiger partial charge in [-0.25, -0.2) is 4.98 Å². The van der Waals surface area contributed by atoms with Crippen LogP contribution in [0.5, 0.6) is 0 Å². The van der Waals surface area contributed by atoms with Gasteiger partial charge in [-0.1, -0.05) is 42.5 Å². The number of aliphatic hydroxyl groups is 1. The van der Waals surface area contributed by atoms with Crippen molar-refractivity contribution in [1.29, 1.82) is 0 Å². The largest absolute Gasteiger partial charge is 0.388 e. The van der Waals surface area contributed by atoms with Gasteiger partial charge in [-0.15, -0.1) is 0 Å². The van der Waals surface area contributed by atoms with Crippen LogP contribution < -0.4 is 5.56 Å². The van der Waals surface area contributed by atoms with Gasteiger partial charge in [0.2, 0.25) is 5.91 Å². The van der Waals surface area contributed by atoms with Crippen LogP contribution in [0.25, 0.3) is 10.9 Å². The molecule has 0 aliphatic carbocycles. The number of nitrogens with zero attached hydrogens (tertiary/aromatic N) is 3. The Morgan fingerprint density at radius 3 is 2.59 bits per heavy atom. The minimum atomic E-state index is -0.510. The normalized spacial score (nSPS) is 16.1. The van der Waals surface area contributed by atoms with Gasteiger partial charge in [0.15, 0.2) is 0 Å². The molecule has 0 radical (unpaired) electrons. The molecule has 2 heterocycles. The van der Waals surface area contributed by atoms with Gasteiger partial charge in [0.05, 0.1) is 23.3 Å². The second kappa shape index (κ2) is 8.17. The highest BCUT2D eigenvalue weighted by Gasteiger charge is 2.28. The maximum absolute atomic E-state index is 12.7. The summed E-state index contributed by atoms with van der Waals surface area (Å²) in [4.78, 5) is 31.6. The molecular formula is C23H25N3O3. The van der Waals surface area contributed by atoms with Crippen LogP contribution in [0.15, 0.2) is 59.7 Å². The fourth-order valence-electron chi connectivity index (χ4n) is 4.08. The number of aryl methyl sites for hydroxylation is 1. The molecule has 6 heteroatoms. The molecule has 0 spiro atoms. The van der Waals surface area contributed by atoms with E-state index >= 15 is 0 Å². The lowest BCUT2D eigenvalue weighted by Gasteiger charge is -2.34. The first-order valence-corrected chi connectivity index (χ1v) is 10.00. The lowest BCUT2D eigenvalue weighted by Crippen LogP contribution is -2.42. The van der Waals surface area contributed by atoms with Crippen molar-refractivity contribution in [2.45, 2.75) is 32.4 Å². The second-order valence-electron chi connectivity index (χ2n) is 7.72. The minimum absolute atomic E-state index is 0.0123. The van der Waals surface area contributed by atoms with Gasteiger partial charge >= 0.3 is 0 Å². The number of carbonyl (C=O) groups is 1. The zero-order valence-corrected chi connectivity index (χ0v) is 16.5. The lowest BCUT2D eigenvalue weighted by molar-refractivity contribution is -0.133. The van der Waals surface area contributed by atoms with Crippen molar-refractivity contribution in [3.63, 3.8) is 0 Å². The summed E-state index contributed by atoms with van der Waals surface area (Å²) in [5.74, 6) is 0.0445. The summed E-state index contributed by atoms with van der Waals surface area (Å²) in [6.07, 6.45) is 2.43. The molecule has 1 fully saturated rings. The third kappa shape index (κ3) is 3.93. The highest BCUT2D eigenvalue weighted by molar-refractivity contribution is 5.81. The van der Waals surface area contributed by atoms with Crippen LogP contribution in [0.1, 0.15) is 30.1 Å². The van der Waals surface area contributed by atoms with Crippen LogP contribution in [0.4, 0.5) is 0 Å². The third-order valence-electron chi connectivity index (χ3n) is 5.84. The number of aliphatic hydroxyl groups excluding tert-OH is 1. The fourth-order valence-corrected chi connectivity index (χ4v) is 4.08. The summed E-state index contributed by atoms with van der Waals surface area (Å²) in [5.41, 5.74) is 2.34. The van der Waals surface area contributed by atoms with E-state index in [9.17, 15) is 14.7 Å². The summed E-state index contributed by atoms with van der Waals surface area (Å²) >= 11 is 0. The van der Waals surface area contributed by atoms with E-state index in [0.29, 0.717) is 24.0 Å². The molecule has 1 aliphatic heterocycles. The SMILES string of the molecule is Cc1cccc2c(=O)n(CC(=O)N3CCC(C(O)c4ccccc4)CC3)cnc12. The van der Waals surface area contributed by atoms with E-state index in [1.54, 1.807) is 11.0 Å². The second-order valence-corrected chi connectivity index (χ2v) is 7.72. The summed E-state index contributed by atoms with van der Waals surface area (Å²) in [7, 11) is 0. The predicted octanol–water partition coefficient (Wildman–Crippen LogP) is 2.68. The zero-order chi connectivity index (χ0) is 20.4. The Kier molecular flexibility index (Phi) is 5.45. The number of aromatic nitrogens is 2. The van der Waals surface area contributed by atoms with Crippen LogP contribution >= 0.6 is 0 Å². The number of fused-ring (bicyclic) bond motifs is 1. The van der Waals surface area contributed by atoms with Crippen molar-refractivity contribution < 1.29 is 9.90 Å². The predicted molar refractivity (Wildman–Crippen MR) is 111 cm³/mol. The highest BCUT2D eigenvalue weighted by atomic mass is 16.3. The smallest absolute Gasteiger partial charge is 0.261 e. The first-order valence-electron chi connectivity index (χ1n) is 10.00. The van der Waals surface area contributed by atoms with Crippen LogP contribution in [0.2, 0.25) is 0 Å². The third-order valence-corrected chi connectivity index (χ3v) is 5.84. The van der Waals surface area contributed by atoms with Crippen LogP contribution in [0.3, 0.4) is 0 Å². The summed E-state index contributed by atoms with van der Waals surface area (Å²) in [6.45, 7) is 3.07. The molecule has 2 aromatic carbocycles. The fraction of sp³-hybridized carbons (Fsp3) is 0.348. The first-order chi connectivity index (χ1) is 14.0. The lowest BCUT2D eigenvalue weighted by atomic mass is 9.87. The number of para-hydroxylation sites is 1. The van der Waals surface area contributed by atoms with Gasteiger partial charge in [0.1, 0.15) is 6.54 Å². The molecule has 3 aromatic rings. The van der Waals surface area contributed by atoms with Gasteiger partial charge in [-0.2, -0.15) is 0 Å². The number of rotatable bonds is 4. The van der Waals surface area contributed by atoms with Crippen LogP contribution in [0, 0.1) is 12.8 Å². The van der Waals surface area contributed by atoms with Crippen LogP contribution in [-0.2, 0) is 11.3 Å². The number of piperidine rings is 1. The monoisotopic (exact) mass is 391 g/mol. The van der Waals surface area contributed by atoms with Crippen molar-refractivity contribution >= 4 is 16.8 Å². The van der Waals surface area contributed by atoms with Crippen molar-refractivity contribution in [2.24, 2.45) is 5.92 Å². The number of hydrogen-bond acceptors (Lipinski definition) is 4. The van der Waals surface area contributed by atoms with E-state index in [-0.39, 0.29) is 23.9 Å². The van der Waals surface area contributed by atoms with E-state index in [0.717, 1.165) is 24.0 Å². The maximum Gasteiger partial charge on any atom is 0.261 e.